The van der Waals surface area contributed by atoms with Crippen LogP contribution >= 0.6 is 0 Å². The van der Waals surface area contributed by atoms with Crippen molar-refractivity contribution < 1.29 is 19.0 Å². The van der Waals surface area contributed by atoms with Gasteiger partial charge in [0.05, 0.1) is 6.42 Å². The number of ether oxygens (including phenoxy) is 1. The summed E-state index contributed by atoms with van der Waals surface area (Å²) >= 11 is 0. The van der Waals surface area contributed by atoms with E-state index < -0.39 is 17.9 Å². The van der Waals surface area contributed by atoms with Crippen molar-refractivity contribution in [1.29, 1.82) is 0 Å². The average molecular weight is 198 g/mol. The molecule has 1 aromatic carbocycles. The lowest BCUT2D eigenvalue weighted by Crippen LogP contribution is -2.17. The molecular formula is C10H11FO3. The second-order valence-electron chi connectivity index (χ2n) is 2.96. The number of halogens is 1. The third-order valence-corrected chi connectivity index (χ3v) is 1.63. The van der Waals surface area contributed by atoms with Gasteiger partial charge in [0.25, 0.3) is 0 Å². The maximum Gasteiger partial charge on any atom is 0.307 e. The van der Waals surface area contributed by atoms with Crippen molar-refractivity contribution in [1.82, 2.24) is 0 Å². The van der Waals surface area contributed by atoms with Gasteiger partial charge in [-0.05, 0) is 19.1 Å². The SMILES string of the molecule is C[C@@H](CC(=O)O)Oc1ccccc1F. The number of carboxylic acid groups (broad SMARTS) is 1. The van der Waals surface area contributed by atoms with Gasteiger partial charge in [-0.1, -0.05) is 12.1 Å². The maximum absolute atomic E-state index is 13.0. The first kappa shape index (κ1) is 10.5. The van der Waals surface area contributed by atoms with Gasteiger partial charge >= 0.3 is 5.97 Å². The van der Waals surface area contributed by atoms with Gasteiger partial charge in [-0.3, -0.25) is 4.79 Å². The molecule has 1 atom stereocenters. The van der Waals surface area contributed by atoms with Gasteiger partial charge in [-0.25, -0.2) is 4.39 Å². The zero-order valence-electron chi connectivity index (χ0n) is 7.74. The Hall–Kier alpha value is -1.58. The summed E-state index contributed by atoms with van der Waals surface area (Å²) in [5.74, 6) is -1.36. The molecule has 0 radical (unpaired) electrons. The fourth-order valence-electron chi connectivity index (χ4n) is 1.04. The van der Waals surface area contributed by atoms with E-state index in [9.17, 15) is 9.18 Å². The Bertz CT molecular complexity index is 325. The van der Waals surface area contributed by atoms with Crippen molar-refractivity contribution in [3.63, 3.8) is 0 Å². The summed E-state index contributed by atoms with van der Waals surface area (Å²) in [5.41, 5.74) is 0. The molecular weight excluding hydrogens is 187 g/mol. The van der Waals surface area contributed by atoms with E-state index in [4.69, 9.17) is 9.84 Å². The fraction of sp³-hybridized carbons (Fsp3) is 0.300. The number of carbonyl (C=O) groups is 1. The van der Waals surface area contributed by atoms with Gasteiger partial charge in [-0.15, -0.1) is 0 Å². The molecule has 3 nitrogen and oxygen atoms in total. The van der Waals surface area contributed by atoms with Crippen LogP contribution < -0.4 is 4.74 Å². The molecule has 76 valence electrons. The summed E-state index contributed by atoms with van der Waals surface area (Å²) in [6.45, 7) is 1.58. The third kappa shape index (κ3) is 3.05. The number of benzene rings is 1. The minimum atomic E-state index is -0.964. The lowest BCUT2D eigenvalue weighted by molar-refractivity contribution is -0.138. The lowest BCUT2D eigenvalue weighted by atomic mass is 10.3. The zero-order chi connectivity index (χ0) is 10.6. The van der Waals surface area contributed by atoms with Crippen molar-refractivity contribution in [3.05, 3.63) is 30.1 Å². The van der Waals surface area contributed by atoms with Crippen molar-refractivity contribution in [2.24, 2.45) is 0 Å². The van der Waals surface area contributed by atoms with Crippen LogP contribution in [0.15, 0.2) is 24.3 Å². The predicted molar refractivity (Wildman–Crippen MR) is 48.7 cm³/mol. The van der Waals surface area contributed by atoms with Crippen LogP contribution in [0.25, 0.3) is 0 Å². The molecule has 1 aromatic rings. The van der Waals surface area contributed by atoms with Crippen LogP contribution in [0.3, 0.4) is 0 Å². The van der Waals surface area contributed by atoms with Gasteiger partial charge < -0.3 is 9.84 Å². The number of aliphatic carboxylic acids is 1. The quantitative estimate of drug-likeness (QED) is 0.805. The number of rotatable bonds is 4. The molecule has 0 saturated carbocycles. The second kappa shape index (κ2) is 4.60. The van der Waals surface area contributed by atoms with E-state index >= 15 is 0 Å². The van der Waals surface area contributed by atoms with Crippen LogP contribution in [0.2, 0.25) is 0 Å². The predicted octanol–water partition coefficient (Wildman–Crippen LogP) is 2.07. The lowest BCUT2D eigenvalue weighted by Gasteiger charge is -2.12. The van der Waals surface area contributed by atoms with Crippen molar-refractivity contribution in [3.8, 4) is 5.75 Å². The molecule has 1 rings (SSSR count). The largest absolute Gasteiger partial charge is 0.487 e. The Kier molecular flexibility index (Phi) is 3.45. The van der Waals surface area contributed by atoms with Gasteiger partial charge in [0.2, 0.25) is 0 Å². The third-order valence-electron chi connectivity index (χ3n) is 1.63. The van der Waals surface area contributed by atoms with E-state index in [0.717, 1.165) is 0 Å². The van der Waals surface area contributed by atoms with Crippen LogP contribution in [-0.4, -0.2) is 17.2 Å². The molecule has 0 aliphatic rings. The van der Waals surface area contributed by atoms with Crippen LogP contribution in [0.5, 0.6) is 5.75 Å². The molecule has 0 amide bonds. The minimum absolute atomic E-state index is 0.0845. The summed E-state index contributed by atoms with van der Waals surface area (Å²) in [6.07, 6.45) is -0.682. The van der Waals surface area contributed by atoms with E-state index in [1.807, 2.05) is 0 Å². The highest BCUT2D eigenvalue weighted by Gasteiger charge is 2.10. The Morgan fingerprint density at radius 2 is 2.21 bits per heavy atom. The van der Waals surface area contributed by atoms with Crippen molar-refractivity contribution >= 4 is 5.97 Å². The van der Waals surface area contributed by atoms with Crippen molar-refractivity contribution in [2.75, 3.05) is 0 Å². The van der Waals surface area contributed by atoms with Crippen LogP contribution in [0.4, 0.5) is 4.39 Å². The number of para-hydroxylation sites is 1. The topological polar surface area (TPSA) is 46.5 Å². The Labute approximate surface area is 81.1 Å². The Morgan fingerprint density at radius 1 is 1.57 bits per heavy atom. The summed E-state index contributed by atoms with van der Waals surface area (Å²) in [5, 5.41) is 8.46. The smallest absolute Gasteiger partial charge is 0.307 e. The first-order valence-electron chi connectivity index (χ1n) is 4.22. The highest BCUT2D eigenvalue weighted by molar-refractivity contribution is 5.67. The summed E-state index contributed by atoms with van der Waals surface area (Å²) < 4.78 is 18.1. The Morgan fingerprint density at radius 3 is 2.79 bits per heavy atom. The summed E-state index contributed by atoms with van der Waals surface area (Å²) in [7, 11) is 0. The number of carboxylic acids is 1. The van der Waals surface area contributed by atoms with Gasteiger partial charge in [0.15, 0.2) is 11.6 Å². The molecule has 0 aromatic heterocycles. The molecule has 0 aliphatic heterocycles. The standard InChI is InChI=1S/C10H11FO3/c1-7(6-10(12)13)14-9-5-3-2-4-8(9)11/h2-5,7H,6H2,1H3,(H,12,13)/t7-/m0/s1. The average Bonchev–Trinajstić information content (AvgIpc) is 2.07. The highest BCUT2D eigenvalue weighted by Crippen LogP contribution is 2.17. The summed E-state index contributed by atoms with van der Waals surface area (Å²) in [6, 6.07) is 5.91. The molecule has 0 unspecified atom stereocenters. The molecule has 4 heteroatoms. The molecule has 0 fully saturated rings. The van der Waals surface area contributed by atoms with E-state index in [-0.39, 0.29) is 12.2 Å². The normalized spacial score (nSPS) is 12.1. The van der Waals surface area contributed by atoms with E-state index in [1.165, 1.54) is 12.1 Å². The molecule has 0 aliphatic carbocycles. The van der Waals surface area contributed by atoms with Crippen LogP contribution in [0, 0.1) is 5.82 Å². The van der Waals surface area contributed by atoms with Gasteiger partial charge in [0.1, 0.15) is 6.10 Å². The van der Waals surface area contributed by atoms with Crippen LogP contribution in [-0.2, 0) is 4.79 Å². The van der Waals surface area contributed by atoms with E-state index in [1.54, 1.807) is 19.1 Å². The molecule has 0 spiro atoms. The molecule has 0 bridgehead atoms. The second-order valence-corrected chi connectivity index (χ2v) is 2.96. The number of hydrogen-bond donors (Lipinski definition) is 1. The van der Waals surface area contributed by atoms with E-state index in [2.05, 4.69) is 0 Å². The van der Waals surface area contributed by atoms with Gasteiger partial charge in [0, 0.05) is 0 Å². The van der Waals surface area contributed by atoms with E-state index in [0.29, 0.717) is 0 Å². The summed E-state index contributed by atoms with van der Waals surface area (Å²) in [4.78, 5) is 10.3. The molecule has 1 N–H and O–H groups in total. The fourth-order valence-corrected chi connectivity index (χ4v) is 1.04. The maximum atomic E-state index is 13.0. The zero-order valence-corrected chi connectivity index (χ0v) is 7.74. The first-order valence-corrected chi connectivity index (χ1v) is 4.22. The highest BCUT2D eigenvalue weighted by atomic mass is 19.1. The van der Waals surface area contributed by atoms with Crippen LogP contribution in [0.1, 0.15) is 13.3 Å². The Balaban J connectivity index is 2.60. The first-order chi connectivity index (χ1) is 6.59. The monoisotopic (exact) mass is 198 g/mol. The molecule has 0 saturated heterocycles. The molecule has 0 heterocycles. The number of hydrogen-bond acceptors (Lipinski definition) is 2. The van der Waals surface area contributed by atoms with Crippen molar-refractivity contribution in [2.45, 2.75) is 19.4 Å². The molecule has 14 heavy (non-hydrogen) atoms. The minimum Gasteiger partial charge on any atom is -0.487 e. The van der Waals surface area contributed by atoms with Gasteiger partial charge in [-0.2, -0.15) is 0 Å².